The first kappa shape index (κ1) is 17.3. The molecule has 0 radical (unpaired) electrons. The van der Waals surface area contributed by atoms with E-state index in [0.29, 0.717) is 15.6 Å². The molecule has 1 aliphatic heterocycles. The van der Waals surface area contributed by atoms with Crippen molar-refractivity contribution in [3.63, 3.8) is 0 Å². The molecule has 4 rings (SSSR count). The minimum Gasteiger partial charge on any atom is -0.459 e. The molecule has 1 aliphatic rings. The van der Waals surface area contributed by atoms with Crippen molar-refractivity contribution in [2.75, 3.05) is 28.6 Å². The Bertz CT molecular complexity index is 928. The summed E-state index contributed by atoms with van der Waals surface area (Å²) in [6, 6.07) is 10.4. The van der Waals surface area contributed by atoms with E-state index in [1.165, 1.54) is 30.4 Å². The lowest BCUT2D eigenvalue weighted by Crippen LogP contribution is -2.19. The van der Waals surface area contributed by atoms with Crippen LogP contribution in [-0.4, -0.2) is 29.9 Å². The normalized spacial score (nSPS) is 13.6. The van der Waals surface area contributed by atoms with Crippen LogP contribution >= 0.6 is 11.3 Å². The maximum absolute atomic E-state index is 12.4. The second-order valence-electron chi connectivity index (χ2n) is 6.15. The lowest BCUT2D eigenvalue weighted by Gasteiger charge is -2.16. The number of hydrogen-bond acceptors (Lipinski definition) is 6. The molecule has 0 spiro atoms. The third kappa shape index (κ3) is 4.01. The van der Waals surface area contributed by atoms with Crippen LogP contribution in [0, 0.1) is 0 Å². The zero-order valence-electron chi connectivity index (χ0n) is 14.5. The minimum absolute atomic E-state index is 0.221. The molecule has 0 unspecified atom stereocenters. The largest absolute Gasteiger partial charge is 0.459 e. The number of pyridine rings is 1. The number of nitrogens with one attached hydrogen (secondary N) is 2. The Hall–Kier alpha value is -3.13. The molecule has 0 bridgehead atoms. The van der Waals surface area contributed by atoms with Crippen molar-refractivity contribution in [1.82, 2.24) is 4.98 Å². The number of carbonyl (C=O) groups excluding carboxylic acids is 2. The van der Waals surface area contributed by atoms with Crippen LogP contribution in [-0.2, 0) is 0 Å². The van der Waals surface area contributed by atoms with Gasteiger partial charge in [0.25, 0.3) is 11.8 Å². The van der Waals surface area contributed by atoms with Crippen molar-refractivity contribution in [2.24, 2.45) is 0 Å². The second kappa shape index (κ2) is 7.63. The van der Waals surface area contributed by atoms with Gasteiger partial charge < -0.3 is 20.0 Å². The monoisotopic (exact) mass is 382 g/mol. The average Bonchev–Trinajstić information content (AvgIpc) is 3.44. The topological polar surface area (TPSA) is 87.5 Å². The first-order valence-corrected chi connectivity index (χ1v) is 9.48. The molecule has 8 heteroatoms. The molecular formula is C19H18N4O3S. The van der Waals surface area contributed by atoms with E-state index in [-0.39, 0.29) is 17.6 Å². The van der Waals surface area contributed by atoms with E-state index in [1.807, 2.05) is 12.1 Å². The third-order valence-corrected chi connectivity index (χ3v) is 5.25. The van der Waals surface area contributed by atoms with E-state index in [1.54, 1.807) is 30.5 Å². The summed E-state index contributed by atoms with van der Waals surface area (Å²) < 4.78 is 5.05. The number of rotatable bonds is 5. The van der Waals surface area contributed by atoms with Gasteiger partial charge in [0.05, 0.1) is 28.0 Å². The smallest absolute Gasteiger partial charge is 0.291 e. The lowest BCUT2D eigenvalue weighted by atomic mass is 10.3. The molecule has 3 aromatic rings. The van der Waals surface area contributed by atoms with Crippen molar-refractivity contribution in [1.29, 1.82) is 0 Å². The number of hydrogen-bond donors (Lipinski definition) is 2. The molecule has 0 aromatic carbocycles. The Morgan fingerprint density at radius 3 is 2.59 bits per heavy atom. The molecule has 2 amide bonds. The standard InChI is InChI=1S/C19H18N4O3S/c24-18(14-4-3-11-26-14)22-17-8-6-15(27-17)19(25)21-13-5-7-16(20-12-13)23-9-1-2-10-23/h3-8,11-12H,1-2,9-10H2,(H,21,25)(H,22,24). The molecule has 0 aliphatic carbocycles. The number of aromatic nitrogens is 1. The molecule has 0 saturated carbocycles. The summed E-state index contributed by atoms with van der Waals surface area (Å²) in [6.45, 7) is 2.06. The van der Waals surface area contributed by atoms with Crippen LogP contribution in [0.25, 0.3) is 0 Å². The molecule has 1 fully saturated rings. The molecular weight excluding hydrogens is 364 g/mol. The Morgan fingerprint density at radius 2 is 1.89 bits per heavy atom. The molecule has 3 aromatic heterocycles. The summed E-state index contributed by atoms with van der Waals surface area (Å²) in [5, 5.41) is 6.11. The zero-order valence-corrected chi connectivity index (χ0v) is 15.3. The summed E-state index contributed by atoms with van der Waals surface area (Å²) in [5.41, 5.74) is 0.637. The Morgan fingerprint density at radius 1 is 1.04 bits per heavy atom. The fourth-order valence-corrected chi connectivity index (χ4v) is 3.69. The van der Waals surface area contributed by atoms with E-state index in [9.17, 15) is 9.59 Å². The lowest BCUT2D eigenvalue weighted by molar-refractivity contribution is 0.0995. The summed E-state index contributed by atoms with van der Waals surface area (Å²) >= 11 is 1.20. The predicted molar refractivity (Wildman–Crippen MR) is 105 cm³/mol. The van der Waals surface area contributed by atoms with Gasteiger partial charge in [0.1, 0.15) is 5.82 Å². The van der Waals surface area contributed by atoms with Crippen LogP contribution in [0.3, 0.4) is 0 Å². The van der Waals surface area contributed by atoms with Crippen molar-refractivity contribution < 1.29 is 14.0 Å². The second-order valence-corrected chi connectivity index (χ2v) is 7.23. The molecule has 0 atom stereocenters. The van der Waals surface area contributed by atoms with Crippen LogP contribution < -0.4 is 15.5 Å². The van der Waals surface area contributed by atoms with Gasteiger partial charge in [0.15, 0.2) is 5.76 Å². The maximum Gasteiger partial charge on any atom is 0.291 e. The van der Waals surface area contributed by atoms with Crippen LogP contribution in [0.15, 0.2) is 53.3 Å². The summed E-state index contributed by atoms with van der Waals surface area (Å²) in [7, 11) is 0. The predicted octanol–water partition coefficient (Wildman–Crippen LogP) is 3.84. The van der Waals surface area contributed by atoms with Gasteiger partial charge in [0, 0.05) is 13.1 Å². The Kier molecular flexibility index (Phi) is 4.88. The van der Waals surface area contributed by atoms with Gasteiger partial charge in [-0.25, -0.2) is 4.98 Å². The van der Waals surface area contributed by atoms with Crippen LogP contribution in [0.4, 0.5) is 16.5 Å². The molecule has 7 nitrogen and oxygen atoms in total. The Labute approximate surface area is 160 Å². The first-order chi connectivity index (χ1) is 13.2. The maximum atomic E-state index is 12.4. The number of thiophene rings is 1. The van der Waals surface area contributed by atoms with Gasteiger partial charge >= 0.3 is 0 Å². The molecule has 2 N–H and O–H groups in total. The fraction of sp³-hybridized carbons (Fsp3) is 0.211. The molecule has 138 valence electrons. The van der Waals surface area contributed by atoms with Gasteiger partial charge in [0.2, 0.25) is 0 Å². The highest BCUT2D eigenvalue weighted by Gasteiger charge is 2.15. The quantitative estimate of drug-likeness (QED) is 0.700. The van der Waals surface area contributed by atoms with Gasteiger partial charge in [-0.15, -0.1) is 11.3 Å². The number of nitrogens with zero attached hydrogens (tertiary/aromatic N) is 2. The van der Waals surface area contributed by atoms with E-state index in [0.717, 1.165) is 18.9 Å². The van der Waals surface area contributed by atoms with Crippen molar-refractivity contribution in [2.45, 2.75) is 12.8 Å². The minimum atomic E-state index is -0.351. The van der Waals surface area contributed by atoms with E-state index < -0.39 is 0 Å². The van der Waals surface area contributed by atoms with Gasteiger partial charge in [-0.1, -0.05) is 0 Å². The molecule has 27 heavy (non-hydrogen) atoms. The third-order valence-electron chi connectivity index (χ3n) is 4.25. The van der Waals surface area contributed by atoms with Crippen LogP contribution in [0.2, 0.25) is 0 Å². The number of furan rings is 1. The average molecular weight is 382 g/mol. The molecule has 1 saturated heterocycles. The highest BCUT2D eigenvalue weighted by atomic mass is 32.1. The van der Waals surface area contributed by atoms with Crippen molar-refractivity contribution in [3.05, 3.63) is 59.5 Å². The van der Waals surface area contributed by atoms with E-state index >= 15 is 0 Å². The summed E-state index contributed by atoms with van der Waals surface area (Å²) in [4.78, 5) is 31.5. The van der Waals surface area contributed by atoms with Crippen molar-refractivity contribution in [3.8, 4) is 0 Å². The summed E-state index contributed by atoms with van der Waals surface area (Å²) in [5.74, 6) is 0.563. The number of carbonyl (C=O) groups is 2. The summed E-state index contributed by atoms with van der Waals surface area (Å²) in [6.07, 6.45) is 5.48. The number of amides is 2. The van der Waals surface area contributed by atoms with Crippen LogP contribution in [0.1, 0.15) is 33.1 Å². The van der Waals surface area contributed by atoms with Gasteiger partial charge in [-0.3, -0.25) is 9.59 Å². The highest BCUT2D eigenvalue weighted by Crippen LogP contribution is 2.24. The fourth-order valence-electron chi connectivity index (χ4n) is 2.89. The molecule has 4 heterocycles. The van der Waals surface area contributed by atoms with Gasteiger partial charge in [-0.05, 0) is 49.2 Å². The Balaban J connectivity index is 1.37. The van der Waals surface area contributed by atoms with E-state index in [2.05, 4.69) is 20.5 Å². The van der Waals surface area contributed by atoms with E-state index in [4.69, 9.17) is 4.42 Å². The highest BCUT2D eigenvalue weighted by molar-refractivity contribution is 7.18. The first-order valence-electron chi connectivity index (χ1n) is 8.66. The van der Waals surface area contributed by atoms with Crippen LogP contribution in [0.5, 0.6) is 0 Å². The number of anilines is 3. The van der Waals surface area contributed by atoms with Gasteiger partial charge in [-0.2, -0.15) is 0 Å². The zero-order chi connectivity index (χ0) is 18.6. The van der Waals surface area contributed by atoms with Crippen molar-refractivity contribution >= 4 is 39.7 Å². The SMILES string of the molecule is O=C(Nc1ccc(C(=O)Nc2ccc(N3CCCC3)nc2)s1)c1ccco1.